The molecule has 0 aromatic carbocycles. The third-order valence-electron chi connectivity index (χ3n) is 3.34. The maximum atomic E-state index is 12.6. The van der Waals surface area contributed by atoms with Crippen LogP contribution in [0.25, 0.3) is 11.2 Å². The molecule has 3 rings (SSSR count). The summed E-state index contributed by atoms with van der Waals surface area (Å²) in [6.07, 6.45) is 5.07. The SMILES string of the molecule is CC(C)c1c(C2=CC=NC2)nc2c(C#N)c[nH]n2c1=O. The Balaban J connectivity index is 2.39. The lowest BCUT2D eigenvalue weighted by Crippen LogP contribution is -2.24. The summed E-state index contributed by atoms with van der Waals surface area (Å²) < 4.78 is 1.33. The zero-order valence-electron chi connectivity index (χ0n) is 11.2. The average Bonchev–Trinajstić information content (AvgIpc) is 3.07. The Bertz CT molecular complexity index is 845. The van der Waals surface area contributed by atoms with Crippen molar-refractivity contribution < 1.29 is 0 Å². The van der Waals surface area contributed by atoms with Gasteiger partial charge in [0.15, 0.2) is 5.65 Å². The highest BCUT2D eigenvalue weighted by atomic mass is 16.1. The van der Waals surface area contributed by atoms with E-state index in [4.69, 9.17) is 5.26 Å². The van der Waals surface area contributed by atoms with E-state index in [-0.39, 0.29) is 11.5 Å². The van der Waals surface area contributed by atoms with Gasteiger partial charge in [0.2, 0.25) is 0 Å². The molecule has 1 N–H and O–H groups in total. The summed E-state index contributed by atoms with van der Waals surface area (Å²) >= 11 is 0. The van der Waals surface area contributed by atoms with Gasteiger partial charge in [-0.2, -0.15) is 5.26 Å². The van der Waals surface area contributed by atoms with Crippen molar-refractivity contribution in [3.63, 3.8) is 0 Å². The Morgan fingerprint density at radius 1 is 1.50 bits per heavy atom. The number of H-pyrrole nitrogens is 1. The van der Waals surface area contributed by atoms with E-state index in [1.54, 1.807) is 6.21 Å². The summed E-state index contributed by atoms with van der Waals surface area (Å²) in [6.45, 7) is 4.44. The summed E-state index contributed by atoms with van der Waals surface area (Å²) in [7, 11) is 0. The lowest BCUT2D eigenvalue weighted by Gasteiger charge is -2.12. The van der Waals surface area contributed by atoms with Gasteiger partial charge in [0.05, 0.1) is 12.2 Å². The number of nitrogens with one attached hydrogen (secondary N) is 1. The Morgan fingerprint density at radius 2 is 2.30 bits per heavy atom. The summed E-state index contributed by atoms with van der Waals surface area (Å²) in [5.41, 5.74) is 2.78. The van der Waals surface area contributed by atoms with Crippen molar-refractivity contribution >= 4 is 17.4 Å². The molecule has 6 nitrogen and oxygen atoms in total. The molecule has 3 heterocycles. The molecule has 6 heteroatoms. The van der Waals surface area contributed by atoms with Crippen molar-refractivity contribution in [2.45, 2.75) is 19.8 Å². The van der Waals surface area contributed by atoms with Crippen LogP contribution in [0.5, 0.6) is 0 Å². The van der Waals surface area contributed by atoms with E-state index >= 15 is 0 Å². The van der Waals surface area contributed by atoms with Crippen LogP contribution in [0, 0.1) is 11.3 Å². The number of fused-ring (bicyclic) bond motifs is 1. The van der Waals surface area contributed by atoms with Crippen LogP contribution in [0.2, 0.25) is 0 Å². The zero-order valence-corrected chi connectivity index (χ0v) is 11.2. The normalized spacial score (nSPS) is 14.0. The van der Waals surface area contributed by atoms with Crippen LogP contribution in [0.1, 0.15) is 36.6 Å². The van der Waals surface area contributed by atoms with Gasteiger partial charge in [0.25, 0.3) is 5.56 Å². The standard InChI is InChI=1S/C14H13N5O/c1-8(2)11-12(9-3-4-16-6-9)18-13-10(5-15)7-17-19(13)14(11)20/h3-4,7-8,17H,6H2,1-2H3. The summed E-state index contributed by atoms with van der Waals surface area (Å²) in [6, 6.07) is 2.04. The Morgan fingerprint density at radius 3 is 2.90 bits per heavy atom. The van der Waals surface area contributed by atoms with Crippen LogP contribution in [0.15, 0.2) is 22.1 Å². The highest BCUT2D eigenvalue weighted by molar-refractivity contribution is 5.89. The Labute approximate surface area is 115 Å². The molecule has 0 aliphatic carbocycles. The predicted octanol–water partition coefficient (Wildman–Crippen LogP) is 1.49. The fourth-order valence-electron chi connectivity index (χ4n) is 2.38. The first kappa shape index (κ1) is 12.4. The quantitative estimate of drug-likeness (QED) is 0.894. The molecule has 0 unspecified atom stereocenters. The highest BCUT2D eigenvalue weighted by Crippen LogP contribution is 2.24. The number of aromatic nitrogens is 3. The van der Waals surface area contributed by atoms with Crippen LogP contribution >= 0.6 is 0 Å². The maximum Gasteiger partial charge on any atom is 0.276 e. The van der Waals surface area contributed by atoms with Crippen LogP contribution in [-0.2, 0) is 0 Å². The molecule has 2 aromatic heterocycles. The highest BCUT2D eigenvalue weighted by Gasteiger charge is 2.21. The minimum absolute atomic E-state index is 0.0391. The average molecular weight is 267 g/mol. The second kappa shape index (κ2) is 4.46. The number of nitrogens with zero attached hydrogens (tertiary/aromatic N) is 4. The number of aliphatic imine (C=N–C) groups is 1. The first-order chi connectivity index (χ1) is 9.63. The van der Waals surface area contributed by atoms with Crippen molar-refractivity contribution in [3.05, 3.63) is 39.4 Å². The lowest BCUT2D eigenvalue weighted by molar-refractivity contribution is 0.787. The molecule has 0 fully saturated rings. The molecular weight excluding hydrogens is 254 g/mol. The fraction of sp³-hybridized carbons (Fsp3) is 0.286. The predicted molar refractivity (Wildman–Crippen MR) is 76.0 cm³/mol. The number of aromatic amines is 1. The van der Waals surface area contributed by atoms with E-state index in [1.807, 2.05) is 26.0 Å². The van der Waals surface area contributed by atoms with Gasteiger partial charge in [0, 0.05) is 23.5 Å². The molecule has 0 saturated heterocycles. The van der Waals surface area contributed by atoms with Crippen LogP contribution in [-0.4, -0.2) is 27.4 Å². The van der Waals surface area contributed by atoms with Gasteiger partial charge in [-0.05, 0) is 12.0 Å². The largest absolute Gasteiger partial charge is 0.295 e. The van der Waals surface area contributed by atoms with E-state index in [1.165, 1.54) is 10.7 Å². The Kier molecular flexibility index (Phi) is 2.75. The van der Waals surface area contributed by atoms with Crippen molar-refractivity contribution in [3.8, 4) is 6.07 Å². The van der Waals surface area contributed by atoms with E-state index in [0.29, 0.717) is 29.0 Å². The smallest absolute Gasteiger partial charge is 0.276 e. The third-order valence-corrected chi connectivity index (χ3v) is 3.34. The molecule has 0 saturated carbocycles. The molecule has 0 radical (unpaired) electrons. The third kappa shape index (κ3) is 1.67. The number of hydrogen-bond acceptors (Lipinski definition) is 4. The van der Waals surface area contributed by atoms with Gasteiger partial charge < -0.3 is 0 Å². The first-order valence-electron chi connectivity index (χ1n) is 6.37. The van der Waals surface area contributed by atoms with Crippen molar-refractivity contribution in [1.82, 2.24) is 14.6 Å². The molecule has 1 aliphatic rings. The van der Waals surface area contributed by atoms with Gasteiger partial charge >= 0.3 is 0 Å². The first-order valence-corrected chi connectivity index (χ1v) is 6.37. The Hall–Kier alpha value is -2.68. The maximum absolute atomic E-state index is 12.6. The molecular formula is C14H13N5O. The van der Waals surface area contributed by atoms with Gasteiger partial charge in [-0.25, -0.2) is 9.50 Å². The number of rotatable bonds is 2. The van der Waals surface area contributed by atoms with Crippen molar-refractivity contribution in [2.24, 2.45) is 4.99 Å². The molecule has 0 amide bonds. The fourth-order valence-corrected chi connectivity index (χ4v) is 2.38. The summed E-state index contributed by atoms with van der Waals surface area (Å²) in [4.78, 5) is 21.3. The van der Waals surface area contributed by atoms with Crippen LogP contribution in [0.3, 0.4) is 0 Å². The van der Waals surface area contributed by atoms with Crippen molar-refractivity contribution in [2.75, 3.05) is 6.54 Å². The topological polar surface area (TPSA) is 86.3 Å². The summed E-state index contributed by atoms with van der Waals surface area (Å²) in [5, 5.41) is 11.9. The van der Waals surface area contributed by atoms with Gasteiger partial charge in [0.1, 0.15) is 11.6 Å². The molecule has 100 valence electrons. The molecule has 2 aromatic rings. The summed E-state index contributed by atoms with van der Waals surface area (Å²) in [5.74, 6) is 0.0391. The molecule has 1 aliphatic heterocycles. The van der Waals surface area contributed by atoms with E-state index in [9.17, 15) is 4.79 Å². The van der Waals surface area contributed by atoms with E-state index < -0.39 is 0 Å². The van der Waals surface area contributed by atoms with Crippen LogP contribution < -0.4 is 5.56 Å². The molecule has 0 spiro atoms. The monoisotopic (exact) mass is 267 g/mol. The lowest BCUT2D eigenvalue weighted by atomic mass is 9.98. The van der Waals surface area contributed by atoms with Crippen LogP contribution in [0.4, 0.5) is 0 Å². The van der Waals surface area contributed by atoms with Crippen molar-refractivity contribution in [1.29, 1.82) is 5.26 Å². The zero-order chi connectivity index (χ0) is 14.3. The molecule has 0 atom stereocenters. The number of allylic oxidation sites excluding steroid dienone is 1. The number of hydrogen-bond donors (Lipinski definition) is 1. The van der Waals surface area contributed by atoms with Gasteiger partial charge in [-0.1, -0.05) is 13.8 Å². The van der Waals surface area contributed by atoms with E-state index in [0.717, 1.165) is 5.57 Å². The number of nitriles is 1. The molecule has 20 heavy (non-hydrogen) atoms. The minimum atomic E-state index is -0.158. The van der Waals surface area contributed by atoms with Gasteiger partial charge in [-0.15, -0.1) is 0 Å². The van der Waals surface area contributed by atoms with E-state index in [2.05, 4.69) is 15.1 Å². The minimum Gasteiger partial charge on any atom is -0.295 e. The molecule has 0 bridgehead atoms. The second-order valence-corrected chi connectivity index (χ2v) is 4.97. The van der Waals surface area contributed by atoms with Gasteiger partial charge in [-0.3, -0.25) is 14.9 Å². The second-order valence-electron chi connectivity index (χ2n) is 4.97.